The number of thioether (sulfide) groups is 1. The van der Waals surface area contributed by atoms with Crippen molar-refractivity contribution in [2.75, 3.05) is 38.3 Å². The Morgan fingerprint density at radius 3 is 2.63 bits per heavy atom. The van der Waals surface area contributed by atoms with Gasteiger partial charge in [-0.2, -0.15) is 0 Å². The number of carbonyl (C=O) groups is 4. The van der Waals surface area contributed by atoms with E-state index in [2.05, 4.69) is 37.2 Å². The van der Waals surface area contributed by atoms with E-state index in [1.54, 1.807) is 6.08 Å². The van der Waals surface area contributed by atoms with Crippen molar-refractivity contribution in [2.24, 2.45) is 5.73 Å². The molecule has 0 unspecified atom stereocenters. The van der Waals surface area contributed by atoms with Crippen molar-refractivity contribution in [1.82, 2.24) is 10.2 Å². The van der Waals surface area contributed by atoms with Gasteiger partial charge in [-0.05, 0) is 27.6 Å². The van der Waals surface area contributed by atoms with E-state index in [0.29, 0.717) is 22.5 Å². The lowest BCUT2D eigenvalue weighted by molar-refractivity contribution is -0.876. The van der Waals surface area contributed by atoms with Crippen molar-refractivity contribution in [3.8, 4) is 0 Å². The van der Waals surface area contributed by atoms with Gasteiger partial charge in [-0.3, -0.25) is 24.1 Å². The average molecular weight is 525 g/mol. The van der Waals surface area contributed by atoms with Crippen LogP contribution in [0.3, 0.4) is 0 Å². The van der Waals surface area contributed by atoms with Crippen LogP contribution in [0.5, 0.6) is 0 Å². The van der Waals surface area contributed by atoms with Gasteiger partial charge in [-0.1, -0.05) is 22.0 Å². The van der Waals surface area contributed by atoms with Crippen LogP contribution in [0.4, 0.5) is 0 Å². The molecule has 8 nitrogen and oxygen atoms in total. The molecular formula is C16H21Br2N4O4S+. The standard InChI is InChI=1S/C16H20Br2N4O4S/c1-22(2,7-10(19)23)5-3-4-9-8-27-16-12(20-11(24)6-17)15(26)21(16)13(9)14(18)25/h3-4,12,16H,5-8H2,1-2H3,(H2-,19,20,23,24)/p+1/b4-3+/t12-,16-/m1/s1. The number of quaternary nitrogens is 1. The largest absolute Gasteiger partial charge is 0.365 e. The van der Waals surface area contributed by atoms with Crippen molar-refractivity contribution in [3.63, 3.8) is 0 Å². The van der Waals surface area contributed by atoms with Gasteiger partial charge in [0.2, 0.25) is 10.6 Å². The predicted molar refractivity (Wildman–Crippen MR) is 110 cm³/mol. The van der Waals surface area contributed by atoms with Gasteiger partial charge >= 0.3 is 0 Å². The topological polar surface area (TPSA) is 110 Å². The highest BCUT2D eigenvalue weighted by molar-refractivity contribution is 9.18. The van der Waals surface area contributed by atoms with E-state index in [0.717, 1.165) is 5.57 Å². The summed E-state index contributed by atoms with van der Waals surface area (Å²) in [6.07, 6.45) is 3.67. The van der Waals surface area contributed by atoms with Gasteiger partial charge in [0.15, 0.2) is 6.54 Å². The summed E-state index contributed by atoms with van der Waals surface area (Å²) in [6.45, 7) is 0.742. The van der Waals surface area contributed by atoms with Gasteiger partial charge in [0.25, 0.3) is 11.8 Å². The molecule has 11 heteroatoms. The molecule has 0 spiro atoms. The highest BCUT2D eigenvalue weighted by Gasteiger charge is 2.53. The SMILES string of the molecule is C[N+](C)(C/C=C/C1=C(C(=O)Br)N2C(=O)[C@@H](NC(=O)CBr)[C@H]2SC1)CC(N)=O. The third kappa shape index (κ3) is 5.21. The monoisotopic (exact) mass is 523 g/mol. The van der Waals surface area contributed by atoms with Gasteiger partial charge in [0.1, 0.15) is 17.1 Å². The molecule has 2 heterocycles. The van der Waals surface area contributed by atoms with E-state index in [9.17, 15) is 19.2 Å². The second kappa shape index (κ2) is 8.89. The Morgan fingerprint density at radius 1 is 1.41 bits per heavy atom. The quantitative estimate of drug-likeness (QED) is 0.202. The van der Waals surface area contributed by atoms with Crippen molar-refractivity contribution < 1.29 is 23.7 Å². The third-order valence-electron chi connectivity index (χ3n) is 4.12. The van der Waals surface area contributed by atoms with E-state index in [1.165, 1.54) is 16.7 Å². The number of β-lactam (4-membered cyclic amide) rings is 1. The van der Waals surface area contributed by atoms with Gasteiger partial charge in [0.05, 0.1) is 26.0 Å². The lowest BCUT2D eigenvalue weighted by Gasteiger charge is -2.49. The Hall–Kier alpha value is -1.17. The van der Waals surface area contributed by atoms with Crippen LogP contribution in [0.25, 0.3) is 0 Å². The molecule has 0 saturated carbocycles. The number of fused-ring (bicyclic) bond motifs is 1. The molecule has 2 rings (SSSR count). The average Bonchev–Trinajstić information content (AvgIpc) is 2.57. The molecule has 1 saturated heterocycles. The van der Waals surface area contributed by atoms with Crippen LogP contribution in [0.15, 0.2) is 23.4 Å². The van der Waals surface area contributed by atoms with E-state index in [1.807, 2.05) is 20.2 Å². The molecule has 0 aromatic carbocycles. The molecule has 148 valence electrons. The summed E-state index contributed by atoms with van der Waals surface area (Å²) in [5.74, 6) is -0.436. The van der Waals surface area contributed by atoms with Crippen LogP contribution in [0.1, 0.15) is 0 Å². The molecule has 2 aliphatic heterocycles. The Balaban J connectivity index is 2.16. The zero-order valence-corrected chi connectivity index (χ0v) is 18.9. The number of nitrogens with zero attached hydrogens (tertiary/aromatic N) is 2. The fraction of sp³-hybridized carbons (Fsp3) is 0.500. The number of alkyl halides is 1. The second-order valence-electron chi connectivity index (χ2n) is 6.88. The normalized spacial score (nSPS) is 22.5. The van der Waals surface area contributed by atoms with Crippen molar-refractivity contribution in [1.29, 1.82) is 0 Å². The maximum absolute atomic E-state index is 12.5. The molecule has 1 fully saturated rings. The van der Waals surface area contributed by atoms with E-state index in [4.69, 9.17) is 5.73 Å². The van der Waals surface area contributed by atoms with Crippen LogP contribution < -0.4 is 11.1 Å². The minimum absolute atomic E-state index is 0.113. The zero-order valence-electron chi connectivity index (χ0n) is 14.9. The fourth-order valence-electron chi connectivity index (χ4n) is 2.93. The number of hydrogen-bond acceptors (Lipinski definition) is 5. The predicted octanol–water partition coefficient (Wildman–Crippen LogP) is 0.0747. The maximum Gasteiger partial charge on any atom is 0.272 e. The minimum Gasteiger partial charge on any atom is -0.365 e. The molecule has 0 aliphatic carbocycles. The Labute approximate surface area is 178 Å². The molecule has 0 aromatic rings. The number of likely N-dealkylation sites (N-methyl/N-ethyl adjacent to an activating group) is 1. The summed E-state index contributed by atoms with van der Waals surface area (Å²) in [7, 11) is 3.75. The maximum atomic E-state index is 12.5. The highest BCUT2D eigenvalue weighted by atomic mass is 79.9. The van der Waals surface area contributed by atoms with E-state index >= 15 is 0 Å². The number of allylic oxidation sites excluding steroid dienone is 2. The smallest absolute Gasteiger partial charge is 0.272 e. The number of amides is 3. The number of primary amides is 1. The van der Waals surface area contributed by atoms with Crippen molar-refractivity contribution >= 4 is 66.0 Å². The van der Waals surface area contributed by atoms with Gasteiger partial charge < -0.3 is 15.5 Å². The Bertz CT molecular complexity index is 738. The summed E-state index contributed by atoms with van der Waals surface area (Å²) >= 11 is 7.50. The first kappa shape index (κ1) is 22.1. The molecule has 0 radical (unpaired) electrons. The van der Waals surface area contributed by atoms with Crippen molar-refractivity contribution in [3.05, 3.63) is 23.4 Å². The van der Waals surface area contributed by atoms with Crippen LogP contribution in [-0.2, 0) is 19.2 Å². The first-order chi connectivity index (χ1) is 12.6. The first-order valence-corrected chi connectivity index (χ1v) is 11.0. The number of rotatable bonds is 8. The molecular weight excluding hydrogens is 504 g/mol. The number of nitrogens with two attached hydrogens (primary N) is 1. The van der Waals surface area contributed by atoms with Gasteiger partial charge in [0, 0.05) is 5.75 Å². The van der Waals surface area contributed by atoms with Crippen molar-refractivity contribution in [2.45, 2.75) is 11.4 Å². The van der Waals surface area contributed by atoms with Gasteiger partial charge in [-0.15, -0.1) is 11.8 Å². The summed E-state index contributed by atoms with van der Waals surface area (Å²) in [4.78, 5) is 48.6. The Morgan fingerprint density at radius 2 is 2.07 bits per heavy atom. The van der Waals surface area contributed by atoms with E-state index < -0.39 is 6.04 Å². The zero-order chi connectivity index (χ0) is 20.4. The summed E-state index contributed by atoms with van der Waals surface area (Å²) < 4.78 is 0.00687. The lowest BCUT2D eigenvalue weighted by atomic mass is 10.0. The highest BCUT2D eigenvalue weighted by Crippen LogP contribution is 2.41. The lowest BCUT2D eigenvalue weighted by Crippen LogP contribution is -2.70. The number of nitrogens with one attached hydrogen (secondary N) is 1. The summed E-state index contributed by atoms with van der Waals surface area (Å²) in [5, 5.41) is 2.48. The van der Waals surface area contributed by atoms with Crippen LogP contribution in [0, 0.1) is 0 Å². The molecule has 3 amide bonds. The summed E-state index contributed by atoms with van der Waals surface area (Å²) in [5.41, 5.74) is 6.26. The third-order valence-corrected chi connectivity index (χ3v) is 6.31. The minimum atomic E-state index is -0.626. The number of halogens is 2. The van der Waals surface area contributed by atoms with E-state index in [-0.39, 0.29) is 39.7 Å². The molecule has 2 atom stereocenters. The molecule has 2 aliphatic rings. The molecule has 27 heavy (non-hydrogen) atoms. The number of hydrogen-bond donors (Lipinski definition) is 2. The second-order valence-corrected chi connectivity index (χ2v) is 9.27. The molecule has 0 aromatic heterocycles. The van der Waals surface area contributed by atoms with Crippen LogP contribution in [0.2, 0.25) is 0 Å². The first-order valence-electron chi connectivity index (χ1n) is 8.07. The van der Waals surface area contributed by atoms with Crippen LogP contribution >= 0.6 is 43.6 Å². The fourth-order valence-corrected chi connectivity index (χ4v) is 4.86. The summed E-state index contributed by atoms with van der Waals surface area (Å²) in [6, 6.07) is -0.626. The number of carbonyl (C=O) groups excluding carboxylic acids is 4. The molecule has 0 bridgehead atoms. The van der Waals surface area contributed by atoms with Crippen LogP contribution in [-0.4, -0.2) is 81.5 Å². The Kier molecular flexibility index (Phi) is 7.28. The van der Waals surface area contributed by atoms with Gasteiger partial charge in [-0.25, -0.2) is 0 Å². The molecule has 3 N–H and O–H groups in total.